The summed E-state index contributed by atoms with van der Waals surface area (Å²) in [5.41, 5.74) is 0. The maximum atomic E-state index is 12.1. The molecule has 1 saturated heterocycles. The fourth-order valence-electron chi connectivity index (χ4n) is 1.49. The van der Waals surface area contributed by atoms with Gasteiger partial charge in [0.25, 0.3) is 0 Å². The first-order valence-electron chi connectivity index (χ1n) is 4.47. The molecule has 0 aromatic carbocycles. The van der Waals surface area contributed by atoms with E-state index < -0.39 is 30.9 Å². The third-order valence-electron chi connectivity index (χ3n) is 2.06. The van der Waals surface area contributed by atoms with Gasteiger partial charge in [-0.05, 0) is 6.92 Å². The lowest BCUT2D eigenvalue weighted by molar-refractivity contribution is -0.195. The molecule has 2 unspecified atom stereocenters. The highest BCUT2D eigenvalue weighted by molar-refractivity contribution is 5.82. The van der Waals surface area contributed by atoms with Crippen molar-refractivity contribution < 1.29 is 27.8 Å². The molecule has 0 aromatic rings. The summed E-state index contributed by atoms with van der Waals surface area (Å²) in [4.78, 5) is 11.6. The Hall–Kier alpha value is -0.820. The first-order chi connectivity index (χ1) is 6.84. The molecule has 1 N–H and O–H groups in total. The molecule has 1 aliphatic heterocycles. The maximum Gasteiger partial charge on any atom is 0.471 e. The van der Waals surface area contributed by atoms with Gasteiger partial charge in [-0.2, -0.15) is 13.2 Å². The molecule has 0 saturated carbocycles. The van der Waals surface area contributed by atoms with Gasteiger partial charge in [-0.1, -0.05) is 0 Å². The van der Waals surface area contributed by atoms with Gasteiger partial charge in [0.1, 0.15) is 0 Å². The molecule has 2 atom stereocenters. The Kier molecular flexibility index (Phi) is 3.56. The lowest BCUT2D eigenvalue weighted by Crippen LogP contribution is -2.53. The second kappa shape index (κ2) is 4.36. The number of hydrogen-bond donors (Lipinski definition) is 1. The van der Waals surface area contributed by atoms with Crippen molar-refractivity contribution in [3.63, 3.8) is 0 Å². The van der Waals surface area contributed by atoms with Crippen molar-refractivity contribution in [2.45, 2.75) is 25.3 Å². The van der Waals surface area contributed by atoms with Gasteiger partial charge in [0, 0.05) is 13.1 Å². The molecule has 0 aromatic heterocycles. The molecule has 4 nitrogen and oxygen atoms in total. The third kappa shape index (κ3) is 3.07. The number of aliphatic hydroxyl groups excluding tert-OH is 1. The topological polar surface area (TPSA) is 49.8 Å². The van der Waals surface area contributed by atoms with Crippen molar-refractivity contribution in [2.75, 3.05) is 19.7 Å². The van der Waals surface area contributed by atoms with E-state index in [0.29, 0.717) is 4.90 Å². The quantitative estimate of drug-likeness (QED) is 0.694. The number of aliphatic hydroxyl groups is 1. The standard InChI is InChI=1S/C8H12F3NO3/c1-5-2-12(3-6(4-13)15-5)7(14)8(9,10)11/h5-6,13H,2-4H2,1H3. The second-order valence-electron chi connectivity index (χ2n) is 3.46. The number of halogens is 3. The van der Waals surface area contributed by atoms with Crippen LogP contribution < -0.4 is 0 Å². The van der Waals surface area contributed by atoms with Crippen molar-refractivity contribution in [3.8, 4) is 0 Å². The highest BCUT2D eigenvalue weighted by Gasteiger charge is 2.44. The minimum atomic E-state index is -4.86. The Morgan fingerprint density at radius 2 is 2.13 bits per heavy atom. The van der Waals surface area contributed by atoms with Crippen LogP contribution in [0.5, 0.6) is 0 Å². The van der Waals surface area contributed by atoms with Crippen molar-refractivity contribution in [3.05, 3.63) is 0 Å². The summed E-state index contributed by atoms with van der Waals surface area (Å²) < 4.78 is 41.4. The number of morpholine rings is 1. The summed E-state index contributed by atoms with van der Waals surface area (Å²) in [6, 6.07) is 0. The number of rotatable bonds is 1. The van der Waals surface area contributed by atoms with Crippen LogP contribution in [-0.4, -0.2) is 54.0 Å². The zero-order chi connectivity index (χ0) is 11.6. The second-order valence-corrected chi connectivity index (χ2v) is 3.46. The van der Waals surface area contributed by atoms with Gasteiger partial charge >= 0.3 is 12.1 Å². The molecular weight excluding hydrogens is 215 g/mol. The average Bonchev–Trinajstić information content (AvgIpc) is 2.14. The molecule has 0 spiro atoms. The summed E-state index contributed by atoms with van der Waals surface area (Å²) in [7, 11) is 0. The Bertz CT molecular complexity index is 244. The summed E-state index contributed by atoms with van der Waals surface area (Å²) in [6.45, 7) is 0.832. The number of amides is 1. The number of hydrogen-bond acceptors (Lipinski definition) is 3. The number of carbonyl (C=O) groups is 1. The highest BCUT2D eigenvalue weighted by atomic mass is 19.4. The molecule has 1 amide bonds. The van der Waals surface area contributed by atoms with Crippen LogP contribution >= 0.6 is 0 Å². The Morgan fingerprint density at radius 1 is 1.53 bits per heavy atom. The van der Waals surface area contributed by atoms with Crippen LogP contribution in [0.3, 0.4) is 0 Å². The zero-order valence-corrected chi connectivity index (χ0v) is 8.12. The largest absolute Gasteiger partial charge is 0.471 e. The summed E-state index contributed by atoms with van der Waals surface area (Å²) in [5, 5.41) is 8.77. The fraction of sp³-hybridized carbons (Fsp3) is 0.875. The molecule has 0 radical (unpaired) electrons. The number of alkyl halides is 3. The first-order valence-corrected chi connectivity index (χ1v) is 4.47. The van der Waals surface area contributed by atoms with Gasteiger partial charge in [-0.3, -0.25) is 4.79 Å². The van der Waals surface area contributed by atoms with E-state index in [1.807, 2.05) is 0 Å². The summed E-state index contributed by atoms with van der Waals surface area (Å²) >= 11 is 0. The van der Waals surface area contributed by atoms with Crippen LogP contribution in [0.15, 0.2) is 0 Å². The van der Waals surface area contributed by atoms with E-state index in [0.717, 1.165) is 0 Å². The van der Waals surface area contributed by atoms with E-state index >= 15 is 0 Å². The molecule has 1 heterocycles. The lowest BCUT2D eigenvalue weighted by Gasteiger charge is -2.36. The number of nitrogens with zero attached hydrogens (tertiary/aromatic N) is 1. The molecule has 0 aliphatic carbocycles. The minimum absolute atomic E-state index is 0.102. The van der Waals surface area contributed by atoms with E-state index in [-0.39, 0.29) is 13.1 Å². The van der Waals surface area contributed by atoms with Crippen molar-refractivity contribution in [1.82, 2.24) is 4.90 Å². The van der Waals surface area contributed by atoms with E-state index in [4.69, 9.17) is 9.84 Å². The van der Waals surface area contributed by atoms with Crippen LogP contribution in [-0.2, 0) is 9.53 Å². The monoisotopic (exact) mass is 227 g/mol. The average molecular weight is 227 g/mol. The van der Waals surface area contributed by atoms with Gasteiger partial charge in [-0.15, -0.1) is 0 Å². The number of ether oxygens (including phenoxy) is 1. The molecule has 1 rings (SSSR count). The SMILES string of the molecule is CC1CN(C(=O)C(F)(F)F)CC(CO)O1. The van der Waals surface area contributed by atoms with Crippen LogP contribution in [0, 0.1) is 0 Å². The summed E-state index contributed by atoms with van der Waals surface area (Å²) in [5.74, 6) is -1.88. The molecule has 88 valence electrons. The van der Waals surface area contributed by atoms with Crippen molar-refractivity contribution in [1.29, 1.82) is 0 Å². The highest BCUT2D eigenvalue weighted by Crippen LogP contribution is 2.21. The van der Waals surface area contributed by atoms with Crippen LogP contribution in [0.2, 0.25) is 0 Å². The van der Waals surface area contributed by atoms with Gasteiger partial charge < -0.3 is 14.7 Å². The fourth-order valence-corrected chi connectivity index (χ4v) is 1.49. The van der Waals surface area contributed by atoms with Crippen molar-refractivity contribution >= 4 is 5.91 Å². The van der Waals surface area contributed by atoms with Gasteiger partial charge in [-0.25, -0.2) is 0 Å². The predicted octanol–water partition coefficient (Wildman–Crippen LogP) is 0.157. The molecule has 0 bridgehead atoms. The van der Waals surface area contributed by atoms with Gasteiger partial charge in [0.2, 0.25) is 0 Å². The number of carbonyl (C=O) groups excluding carboxylic acids is 1. The third-order valence-corrected chi connectivity index (χ3v) is 2.06. The van der Waals surface area contributed by atoms with Gasteiger partial charge in [0.15, 0.2) is 0 Å². The van der Waals surface area contributed by atoms with Gasteiger partial charge in [0.05, 0.1) is 18.8 Å². The Balaban J connectivity index is 2.66. The van der Waals surface area contributed by atoms with E-state index in [1.54, 1.807) is 6.92 Å². The molecule has 15 heavy (non-hydrogen) atoms. The maximum absolute atomic E-state index is 12.1. The smallest absolute Gasteiger partial charge is 0.394 e. The molecule has 7 heteroatoms. The molecule has 1 fully saturated rings. The first kappa shape index (κ1) is 12.3. The Labute approximate surface area is 84.6 Å². The predicted molar refractivity (Wildman–Crippen MR) is 44.1 cm³/mol. The Morgan fingerprint density at radius 3 is 2.60 bits per heavy atom. The lowest BCUT2D eigenvalue weighted by atomic mass is 10.2. The zero-order valence-electron chi connectivity index (χ0n) is 8.12. The van der Waals surface area contributed by atoms with E-state index in [9.17, 15) is 18.0 Å². The van der Waals surface area contributed by atoms with Crippen LogP contribution in [0.1, 0.15) is 6.92 Å². The van der Waals surface area contributed by atoms with E-state index in [2.05, 4.69) is 0 Å². The van der Waals surface area contributed by atoms with Crippen LogP contribution in [0.4, 0.5) is 13.2 Å². The molecular formula is C8H12F3NO3. The normalized spacial score (nSPS) is 27.9. The minimum Gasteiger partial charge on any atom is -0.394 e. The van der Waals surface area contributed by atoms with Crippen LogP contribution in [0.25, 0.3) is 0 Å². The summed E-state index contributed by atoms with van der Waals surface area (Å²) in [6.07, 6.45) is -6.10. The molecule has 1 aliphatic rings. The van der Waals surface area contributed by atoms with Crippen molar-refractivity contribution in [2.24, 2.45) is 0 Å². The van der Waals surface area contributed by atoms with E-state index in [1.165, 1.54) is 0 Å².